The predicted molar refractivity (Wildman–Crippen MR) is 104 cm³/mol. The number of pyridine rings is 1. The molecule has 26 heavy (non-hydrogen) atoms. The fraction of sp³-hybridized carbons (Fsp3) is 0.350. The first-order valence-corrected chi connectivity index (χ1v) is 8.96. The molecule has 0 aliphatic carbocycles. The van der Waals surface area contributed by atoms with Crippen LogP contribution in [0.3, 0.4) is 0 Å². The van der Waals surface area contributed by atoms with E-state index in [2.05, 4.69) is 37.3 Å². The average Bonchev–Trinajstić information content (AvgIpc) is 2.68. The van der Waals surface area contributed by atoms with Gasteiger partial charge >= 0.3 is 0 Å². The van der Waals surface area contributed by atoms with E-state index in [1.165, 1.54) is 5.69 Å². The van der Waals surface area contributed by atoms with Crippen LogP contribution in [0.5, 0.6) is 5.75 Å². The largest absolute Gasteiger partial charge is 0.497 e. The maximum atomic E-state index is 5.39. The van der Waals surface area contributed by atoms with Crippen molar-refractivity contribution in [1.82, 2.24) is 15.0 Å². The molecule has 134 valence electrons. The molecular weight excluding hydrogens is 326 g/mol. The summed E-state index contributed by atoms with van der Waals surface area (Å²) in [6.45, 7) is 3.98. The summed E-state index contributed by atoms with van der Waals surface area (Å²) in [6.07, 6.45) is 5.63. The van der Waals surface area contributed by atoms with Crippen molar-refractivity contribution in [2.45, 2.75) is 25.8 Å². The van der Waals surface area contributed by atoms with Gasteiger partial charge < -0.3 is 15.0 Å². The molecule has 3 aromatic rings. The van der Waals surface area contributed by atoms with Crippen LogP contribution in [-0.4, -0.2) is 41.2 Å². The number of nitrogens with one attached hydrogen (secondary N) is 1. The van der Waals surface area contributed by atoms with Gasteiger partial charge in [0.1, 0.15) is 17.9 Å². The number of benzene rings is 1. The number of methoxy groups -OCH3 is 1. The Labute approximate surface area is 153 Å². The number of aryl methyl sites for hydroxylation is 1. The molecule has 2 aromatic heterocycles. The molecule has 1 aliphatic heterocycles. The lowest BCUT2D eigenvalue weighted by Crippen LogP contribution is -2.39. The number of fused-ring (bicyclic) bond motifs is 1. The number of ether oxygens (including phenoxy) is 1. The lowest BCUT2D eigenvalue weighted by atomic mass is 10.0. The Hall–Kier alpha value is -2.89. The molecule has 6 nitrogen and oxygen atoms in total. The number of hydrogen-bond donors (Lipinski definition) is 1. The van der Waals surface area contributed by atoms with E-state index in [1.54, 1.807) is 13.4 Å². The minimum Gasteiger partial charge on any atom is -0.497 e. The van der Waals surface area contributed by atoms with E-state index in [0.29, 0.717) is 6.04 Å². The summed E-state index contributed by atoms with van der Waals surface area (Å²) in [4.78, 5) is 15.4. The average molecular weight is 349 g/mol. The Morgan fingerprint density at radius 2 is 1.92 bits per heavy atom. The Bertz CT molecular complexity index is 906. The predicted octanol–water partition coefficient (Wildman–Crippen LogP) is 3.42. The van der Waals surface area contributed by atoms with Crippen molar-refractivity contribution in [3.8, 4) is 5.75 Å². The van der Waals surface area contributed by atoms with Crippen molar-refractivity contribution in [1.29, 1.82) is 0 Å². The first-order chi connectivity index (χ1) is 12.7. The summed E-state index contributed by atoms with van der Waals surface area (Å²) < 4.78 is 5.39. The first-order valence-electron chi connectivity index (χ1n) is 8.96. The number of piperidine rings is 1. The third-order valence-electron chi connectivity index (χ3n) is 4.92. The van der Waals surface area contributed by atoms with Crippen LogP contribution in [0.15, 0.2) is 42.9 Å². The van der Waals surface area contributed by atoms with Gasteiger partial charge in [0, 0.05) is 48.2 Å². The number of hydrogen-bond acceptors (Lipinski definition) is 6. The van der Waals surface area contributed by atoms with Crippen molar-refractivity contribution in [3.05, 3.63) is 48.5 Å². The molecule has 0 amide bonds. The highest BCUT2D eigenvalue weighted by Gasteiger charge is 2.21. The zero-order valence-electron chi connectivity index (χ0n) is 15.1. The van der Waals surface area contributed by atoms with Crippen molar-refractivity contribution < 1.29 is 4.74 Å². The summed E-state index contributed by atoms with van der Waals surface area (Å²) in [5.41, 5.74) is 3.21. The van der Waals surface area contributed by atoms with Crippen molar-refractivity contribution in [2.24, 2.45) is 0 Å². The monoisotopic (exact) mass is 349 g/mol. The fourth-order valence-corrected chi connectivity index (χ4v) is 3.52. The maximum absolute atomic E-state index is 5.39. The number of rotatable bonds is 4. The number of nitrogens with zero attached hydrogens (tertiary/aromatic N) is 4. The molecule has 0 radical (unpaired) electrons. The lowest BCUT2D eigenvalue weighted by Gasteiger charge is -2.34. The van der Waals surface area contributed by atoms with Gasteiger partial charge in [-0.15, -0.1) is 0 Å². The molecule has 1 fully saturated rings. The van der Waals surface area contributed by atoms with Gasteiger partial charge in [0.15, 0.2) is 0 Å². The number of aromatic nitrogens is 3. The summed E-state index contributed by atoms with van der Waals surface area (Å²) in [7, 11) is 1.70. The molecule has 0 spiro atoms. The summed E-state index contributed by atoms with van der Waals surface area (Å²) in [5, 5.41) is 4.68. The van der Waals surface area contributed by atoms with E-state index in [9.17, 15) is 0 Å². The van der Waals surface area contributed by atoms with E-state index in [-0.39, 0.29) is 0 Å². The van der Waals surface area contributed by atoms with Gasteiger partial charge in [0.2, 0.25) is 0 Å². The van der Waals surface area contributed by atoms with Gasteiger partial charge in [-0.3, -0.25) is 4.98 Å². The highest BCUT2D eigenvalue weighted by Crippen LogP contribution is 2.30. The third-order valence-corrected chi connectivity index (χ3v) is 4.92. The van der Waals surface area contributed by atoms with Crippen molar-refractivity contribution in [3.63, 3.8) is 0 Å². The van der Waals surface area contributed by atoms with E-state index in [0.717, 1.165) is 54.1 Å². The van der Waals surface area contributed by atoms with Crippen LogP contribution in [-0.2, 0) is 0 Å². The summed E-state index contributed by atoms with van der Waals surface area (Å²) >= 11 is 0. The second-order valence-electron chi connectivity index (χ2n) is 6.66. The van der Waals surface area contributed by atoms with Gasteiger partial charge in [-0.05, 0) is 44.0 Å². The van der Waals surface area contributed by atoms with Crippen molar-refractivity contribution >= 4 is 22.4 Å². The molecule has 1 aromatic carbocycles. The molecule has 0 bridgehead atoms. The quantitative estimate of drug-likeness (QED) is 0.779. The zero-order valence-corrected chi connectivity index (χ0v) is 15.1. The SMILES string of the molecule is COc1ccc2nccc(N3CCC(Nc4cc(C)ncn4)CC3)c2c1. The second kappa shape index (κ2) is 7.15. The molecule has 4 rings (SSSR count). The molecule has 1 aliphatic rings. The normalized spacial score (nSPS) is 15.2. The minimum atomic E-state index is 0.434. The van der Waals surface area contributed by atoms with Crippen LogP contribution < -0.4 is 15.0 Å². The van der Waals surface area contributed by atoms with Gasteiger partial charge in [-0.2, -0.15) is 0 Å². The van der Waals surface area contributed by atoms with Gasteiger partial charge in [-0.25, -0.2) is 9.97 Å². The summed E-state index contributed by atoms with van der Waals surface area (Å²) in [5.74, 6) is 1.78. The third kappa shape index (κ3) is 3.40. The second-order valence-corrected chi connectivity index (χ2v) is 6.66. The molecule has 0 atom stereocenters. The molecule has 1 N–H and O–H groups in total. The van der Waals surface area contributed by atoms with Crippen LogP contribution >= 0.6 is 0 Å². The number of anilines is 2. The highest BCUT2D eigenvalue weighted by atomic mass is 16.5. The zero-order chi connectivity index (χ0) is 17.9. The smallest absolute Gasteiger partial charge is 0.129 e. The van der Waals surface area contributed by atoms with E-state index < -0.39 is 0 Å². The minimum absolute atomic E-state index is 0.434. The van der Waals surface area contributed by atoms with E-state index >= 15 is 0 Å². The Balaban J connectivity index is 1.49. The molecule has 0 saturated carbocycles. The fourth-order valence-electron chi connectivity index (χ4n) is 3.52. The van der Waals surface area contributed by atoms with Crippen LogP contribution in [0, 0.1) is 6.92 Å². The van der Waals surface area contributed by atoms with E-state index in [1.807, 2.05) is 31.3 Å². The van der Waals surface area contributed by atoms with Gasteiger partial charge in [0.25, 0.3) is 0 Å². The molecule has 0 unspecified atom stereocenters. The maximum Gasteiger partial charge on any atom is 0.129 e. The molecule has 1 saturated heterocycles. The Morgan fingerprint density at radius 3 is 2.69 bits per heavy atom. The van der Waals surface area contributed by atoms with Crippen LogP contribution in [0.1, 0.15) is 18.5 Å². The van der Waals surface area contributed by atoms with Crippen molar-refractivity contribution in [2.75, 3.05) is 30.4 Å². The standard InChI is InChI=1S/C20H23N5O/c1-14-11-20(23-13-22-14)24-15-6-9-25(10-7-15)19-5-8-21-18-4-3-16(26-2)12-17(18)19/h3-5,8,11-13,15H,6-7,9-10H2,1-2H3,(H,22,23,24). The summed E-state index contributed by atoms with van der Waals surface area (Å²) in [6, 6.07) is 10.6. The Kier molecular flexibility index (Phi) is 4.56. The molecule has 6 heteroatoms. The van der Waals surface area contributed by atoms with Crippen LogP contribution in [0.25, 0.3) is 10.9 Å². The van der Waals surface area contributed by atoms with Crippen LogP contribution in [0.2, 0.25) is 0 Å². The first kappa shape index (κ1) is 16.6. The topological polar surface area (TPSA) is 63.2 Å². The Morgan fingerprint density at radius 1 is 1.08 bits per heavy atom. The van der Waals surface area contributed by atoms with Gasteiger partial charge in [-0.1, -0.05) is 0 Å². The van der Waals surface area contributed by atoms with Gasteiger partial charge in [0.05, 0.1) is 12.6 Å². The van der Waals surface area contributed by atoms with E-state index in [4.69, 9.17) is 4.74 Å². The highest BCUT2D eigenvalue weighted by molar-refractivity contribution is 5.92. The lowest BCUT2D eigenvalue weighted by molar-refractivity contribution is 0.415. The molecular formula is C20H23N5O. The van der Waals surface area contributed by atoms with Crippen LogP contribution in [0.4, 0.5) is 11.5 Å². The molecule has 3 heterocycles.